The number of hydrogen-bond acceptors (Lipinski definition) is 3. The Morgan fingerprint density at radius 3 is 2.39 bits per heavy atom. The van der Waals surface area contributed by atoms with Crippen molar-refractivity contribution in [2.24, 2.45) is 0 Å². The van der Waals surface area contributed by atoms with E-state index in [0.29, 0.717) is 16.4 Å². The number of aromatic nitrogens is 2. The second-order valence-electron chi connectivity index (χ2n) is 4.31. The molecule has 0 atom stereocenters. The molecule has 0 aliphatic heterocycles. The van der Waals surface area contributed by atoms with Crippen LogP contribution in [0.15, 0.2) is 29.1 Å². The summed E-state index contributed by atoms with van der Waals surface area (Å²) in [6.07, 6.45) is 0. The van der Waals surface area contributed by atoms with Gasteiger partial charge in [-0.3, -0.25) is 4.79 Å². The van der Waals surface area contributed by atoms with E-state index in [-0.39, 0.29) is 22.9 Å². The van der Waals surface area contributed by atoms with Crippen LogP contribution in [0.5, 0.6) is 5.88 Å². The molecule has 0 saturated heterocycles. The van der Waals surface area contributed by atoms with E-state index in [4.69, 9.17) is 11.6 Å². The third-order valence-corrected chi connectivity index (χ3v) is 2.85. The van der Waals surface area contributed by atoms with Crippen molar-refractivity contribution in [3.8, 4) is 17.0 Å². The Balaban J connectivity index is 2.59. The van der Waals surface area contributed by atoms with Crippen molar-refractivity contribution in [2.45, 2.75) is 19.8 Å². The van der Waals surface area contributed by atoms with Crippen LogP contribution in [0.1, 0.15) is 25.6 Å². The van der Waals surface area contributed by atoms with Crippen LogP contribution in [0.3, 0.4) is 0 Å². The predicted molar refractivity (Wildman–Crippen MR) is 71.1 cm³/mol. The van der Waals surface area contributed by atoms with Gasteiger partial charge in [-0.05, 0) is 17.7 Å². The Morgan fingerprint density at radius 2 is 1.89 bits per heavy atom. The summed E-state index contributed by atoms with van der Waals surface area (Å²) in [5.74, 6) is 0.253. The minimum absolute atomic E-state index is 0.0443. The summed E-state index contributed by atoms with van der Waals surface area (Å²) in [4.78, 5) is 18.6. The molecule has 2 aromatic rings. The fraction of sp³-hybridized carbons (Fsp3) is 0.231. The first-order valence-electron chi connectivity index (χ1n) is 5.58. The van der Waals surface area contributed by atoms with Gasteiger partial charge in [-0.25, -0.2) is 0 Å². The minimum Gasteiger partial charge on any atom is -0.493 e. The molecule has 0 radical (unpaired) electrons. The topological polar surface area (TPSA) is 66.0 Å². The Labute approximate surface area is 109 Å². The number of benzene rings is 1. The van der Waals surface area contributed by atoms with Gasteiger partial charge in [0, 0.05) is 10.9 Å². The van der Waals surface area contributed by atoms with Crippen LogP contribution in [0.25, 0.3) is 11.1 Å². The van der Waals surface area contributed by atoms with E-state index in [9.17, 15) is 9.90 Å². The Morgan fingerprint density at radius 1 is 1.28 bits per heavy atom. The second kappa shape index (κ2) is 4.82. The quantitative estimate of drug-likeness (QED) is 0.876. The molecule has 0 aliphatic carbocycles. The van der Waals surface area contributed by atoms with E-state index in [1.165, 1.54) is 0 Å². The van der Waals surface area contributed by atoms with Crippen LogP contribution >= 0.6 is 11.6 Å². The summed E-state index contributed by atoms with van der Waals surface area (Å²) < 4.78 is 0. The fourth-order valence-electron chi connectivity index (χ4n) is 1.63. The lowest BCUT2D eigenvalue weighted by molar-refractivity contribution is 0.448. The van der Waals surface area contributed by atoms with Crippen LogP contribution in [-0.2, 0) is 0 Å². The number of aromatic hydroxyl groups is 1. The third-order valence-electron chi connectivity index (χ3n) is 2.60. The van der Waals surface area contributed by atoms with E-state index in [0.717, 1.165) is 0 Å². The van der Waals surface area contributed by atoms with Crippen molar-refractivity contribution >= 4 is 11.6 Å². The van der Waals surface area contributed by atoms with Crippen molar-refractivity contribution in [3.05, 3.63) is 45.5 Å². The van der Waals surface area contributed by atoms with Gasteiger partial charge in [-0.2, -0.15) is 4.98 Å². The van der Waals surface area contributed by atoms with Crippen LogP contribution in [-0.4, -0.2) is 15.1 Å². The molecule has 1 aromatic heterocycles. The maximum atomic E-state index is 12.0. The Bertz CT molecular complexity index is 618. The van der Waals surface area contributed by atoms with E-state index in [1.54, 1.807) is 24.3 Å². The molecule has 0 fully saturated rings. The van der Waals surface area contributed by atoms with Crippen LogP contribution in [0.4, 0.5) is 0 Å². The molecule has 18 heavy (non-hydrogen) atoms. The van der Waals surface area contributed by atoms with Gasteiger partial charge < -0.3 is 10.1 Å². The summed E-state index contributed by atoms with van der Waals surface area (Å²) >= 11 is 5.78. The molecule has 0 unspecified atom stereocenters. The van der Waals surface area contributed by atoms with Gasteiger partial charge in [0.2, 0.25) is 5.88 Å². The highest BCUT2D eigenvalue weighted by molar-refractivity contribution is 6.30. The van der Waals surface area contributed by atoms with E-state index >= 15 is 0 Å². The molecule has 0 bridgehead atoms. The largest absolute Gasteiger partial charge is 0.493 e. The number of aromatic amines is 1. The van der Waals surface area contributed by atoms with Gasteiger partial charge in [-0.15, -0.1) is 0 Å². The molecule has 0 aliphatic rings. The van der Waals surface area contributed by atoms with E-state index < -0.39 is 0 Å². The number of hydrogen-bond donors (Lipinski definition) is 2. The molecular weight excluding hydrogens is 252 g/mol. The maximum absolute atomic E-state index is 12.0. The zero-order valence-corrected chi connectivity index (χ0v) is 10.8. The van der Waals surface area contributed by atoms with Crippen LogP contribution in [0.2, 0.25) is 5.02 Å². The van der Waals surface area contributed by atoms with Gasteiger partial charge in [0.25, 0.3) is 5.56 Å². The van der Waals surface area contributed by atoms with Crippen molar-refractivity contribution in [1.82, 2.24) is 9.97 Å². The number of halogens is 1. The Hall–Kier alpha value is -1.81. The van der Waals surface area contributed by atoms with Gasteiger partial charge in [0.15, 0.2) is 0 Å². The third kappa shape index (κ3) is 2.38. The summed E-state index contributed by atoms with van der Waals surface area (Å²) in [6, 6.07) is 6.66. The molecular formula is C13H13ClN2O2. The van der Waals surface area contributed by atoms with Crippen molar-refractivity contribution in [2.75, 3.05) is 0 Å². The van der Waals surface area contributed by atoms with Crippen molar-refractivity contribution in [3.63, 3.8) is 0 Å². The standard InChI is InChI=1S/C13H13ClN2O2/c1-7(2)11-15-12(17)10(13(18)16-11)8-3-5-9(14)6-4-8/h3-7H,1-2H3,(H2,15,16,17,18). The predicted octanol–water partition coefficient (Wildman–Crippen LogP) is 2.92. The lowest BCUT2D eigenvalue weighted by Gasteiger charge is -2.08. The first-order chi connectivity index (χ1) is 8.49. The van der Waals surface area contributed by atoms with Crippen molar-refractivity contribution < 1.29 is 5.11 Å². The van der Waals surface area contributed by atoms with Crippen LogP contribution < -0.4 is 5.56 Å². The molecule has 4 nitrogen and oxygen atoms in total. The molecule has 0 spiro atoms. The SMILES string of the molecule is CC(C)c1nc(O)c(-c2ccc(Cl)cc2)c(=O)[nH]1. The molecule has 1 aromatic carbocycles. The smallest absolute Gasteiger partial charge is 0.262 e. The molecule has 2 N–H and O–H groups in total. The zero-order valence-electron chi connectivity index (χ0n) is 10.1. The Kier molecular flexibility index (Phi) is 3.39. The van der Waals surface area contributed by atoms with Crippen molar-refractivity contribution in [1.29, 1.82) is 0 Å². The molecule has 94 valence electrons. The first-order valence-corrected chi connectivity index (χ1v) is 5.96. The molecule has 1 heterocycles. The summed E-state index contributed by atoms with van der Waals surface area (Å²) in [6.45, 7) is 3.78. The summed E-state index contributed by atoms with van der Waals surface area (Å²) in [5, 5.41) is 10.5. The molecule has 0 amide bonds. The highest BCUT2D eigenvalue weighted by Gasteiger charge is 2.14. The number of nitrogens with zero attached hydrogens (tertiary/aromatic N) is 1. The molecule has 0 saturated carbocycles. The number of H-pyrrole nitrogens is 1. The van der Waals surface area contributed by atoms with Gasteiger partial charge in [0.05, 0.1) is 0 Å². The fourth-order valence-corrected chi connectivity index (χ4v) is 1.75. The van der Waals surface area contributed by atoms with Gasteiger partial charge in [-0.1, -0.05) is 37.6 Å². The number of nitrogens with one attached hydrogen (secondary N) is 1. The summed E-state index contributed by atoms with van der Waals surface area (Å²) in [7, 11) is 0. The van der Waals surface area contributed by atoms with E-state index in [1.807, 2.05) is 13.8 Å². The highest BCUT2D eigenvalue weighted by Crippen LogP contribution is 2.25. The lowest BCUT2D eigenvalue weighted by Crippen LogP contribution is -2.14. The monoisotopic (exact) mass is 264 g/mol. The number of rotatable bonds is 2. The first kappa shape index (κ1) is 12.6. The molecule has 2 rings (SSSR count). The zero-order chi connectivity index (χ0) is 13.3. The molecule has 5 heteroatoms. The van der Waals surface area contributed by atoms with E-state index in [2.05, 4.69) is 9.97 Å². The summed E-state index contributed by atoms with van der Waals surface area (Å²) in [5.41, 5.74) is 0.394. The van der Waals surface area contributed by atoms with Crippen LogP contribution in [0, 0.1) is 0 Å². The normalized spacial score (nSPS) is 10.9. The maximum Gasteiger partial charge on any atom is 0.262 e. The minimum atomic E-state index is -0.353. The van der Waals surface area contributed by atoms with Gasteiger partial charge >= 0.3 is 0 Å². The lowest BCUT2D eigenvalue weighted by atomic mass is 10.1. The highest BCUT2D eigenvalue weighted by atomic mass is 35.5. The average molecular weight is 265 g/mol. The second-order valence-corrected chi connectivity index (χ2v) is 4.75. The average Bonchev–Trinajstić information content (AvgIpc) is 2.30. The van der Waals surface area contributed by atoms with Gasteiger partial charge in [0.1, 0.15) is 11.4 Å².